The molecule has 0 amide bonds. The van der Waals surface area contributed by atoms with Crippen molar-refractivity contribution in [2.45, 2.75) is 24.9 Å². The van der Waals surface area contributed by atoms with Gasteiger partial charge < -0.3 is 14.8 Å². The van der Waals surface area contributed by atoms with Crippen molar-refractivity contribution in [1.82, 2.24) is 10.4 Å². The topological polar surface area (TPSA) is 84.5 Å². The molecule has 30 heavy (non-hydrogen) atoms. The Labute approximate surface area is 178 Å². The Kier molecular flexibility index (Phi) is 7.57. The van der Waals surface area contributed by atoms with Crippen molar-refractivity contribution in [3.63, 3.8) is 0 Å². The summed E-state index contributed by atoms with van der Waals surface area (Å²) in [6.45, 7) is 7.06. The molecule has 1 aliphatic heterocycles. The summed E-state index contributed by atoms with van der Waals surface area (Å²) in [7, 11) is 3.27. The van der Waals surface area contributed by atoms with E-state index >= 15 is 0 Å². The Morgan fingerprint density at radius 1 is 1.20 bits per heavy atom. The van der Waals surface area contributed by atoms with Crippen molar-refractivity contribution in [1.29, 1.82) is 0 Å². The number of nitrogens with zero attached hydrogens (tertiary/aromatic N) is 3. The van der Waals surface area contributed by atoms with Crippen molar-refractivity contribution in [3.8, 4) is 5.75 Å². The predicted molar refractivity (Wildman–Crippen MR) is 119 cm³/mol. The average molecular weight is 410 g/mol. The van der Waals surface area contributed by atoms with Gasteiger partial charge in [0.05, 0.1) is 26.0 Å². The normalized spacial score (nSPS) is 15.8. The third-order valence-electron chi connectivity index (χ3n) is 5.50. The first kappa shape index (κ1) is 22.0. The lowest BCUT2D eigenvalue weighted by molar-refractivity contribution is 0.0555. The smallest absolute Gasteiger partial charge is 0.124 e. The molecule has 1 heterocycles. The Bertz CT molecular complexity index is 861. The molecule has 1 saturated heterocycles. The maximum atomic E-state index is 6.27. The van der Waals surface area contributed by atoms with Crippen LogP contribution in [0, 0.1) is 0 Å². The molecule has 2 aromatic carbocycles. The van der Waals surface area contributed by atoms with E-state index in [0.29, 0.717) is 18.9 Å². The number of hydrogen-bond donors (Lipinski definition) is 2. The zero-order valence-corrected chi connectivity index (χ0v) is 17.8. The summed E-state index contributed by atoms with van der Waals surface area (Å²) in [5, 5.41) is 12.4. The molecule has 0 unspecified atom stereocenters. The van der Waals surface area contributed by atoms with Crippen LogP contribution in [0.5, 0.6) is 5.75 Å². The fourth-order valence-corrected chi connectivity index (χ4v) is 3.82. The fourth-order valence-electron chi connectivity index (χ4n) is 3.82. The summed E-state index contributed by atoms with van der Waals surface area (Å²) in [6.07, 6.45) is 2.11. The van der Waals surface area contributed by atoms with Crippen LogP contribution in [0.15, 0.2) is 65.4 Å². The molecule has 0 atom stereocenters. The summed E-state index contributed by atoms with van der Waals surface area (Å²) < 4.78 is 11.8. The van der Waals surface area contributed by atoms with Crippen molar-refractivity contribution >= 4 is 5.70 Å². The van der Waals surface area contributed by atoms with E-state index in [1.54, 1.807) is 14.2 Å². The molecule has 3 rings (SSSR count). The molecule has 2 aromatic rings. The van der Waals surface area contributed by atoms with Gasteiger partial charge in [-0.2, -0.15) is 0 Å². The minimum atomic E-state index is 0.0286. The zero-order chi connectivity index (χ0) is 21.4. The van der Waals surface area contributed by atoms with Gasteiger partial charge in [0.25, 0.3) is 0 Å². The summed E-state index contributed by atoms with van der Waals surface area (Å²) in [5.41, 5.74) is 3.69. The second-order valence-electron chi connectivity index (χ2n) is 7.63. The van der Waals surface area contributed by atoms with E-state index in [-0.39, 0.29) is 5.41 Å². The van der Waals surface area contributed by atoms with Crippen LogP contribution < -0.4 is 15.9 Å². The van der Waals surface area contributed by atoms with Crippen LogP contribution in [0.25, 0.3) is 5.70 Å². The number of hydrogen-bond acceptors (Lipinski definition) is 6. The van der Waals surface area contributed by atoms with E-state index in [1.165, 1.54) is 5.56 Å². The average Bonchev–Trinajstić information content (AvgIpc) is 2.78. The Morgan fingerprint density at radius 2 is 1.93 bits per heavy atom. The minimum Gasteiger partial charge on any atom is -0.496 e. The van der Waals surface area contributed by atoms with Crippen molar-refractivity contribution in [2.75, 3.05) is 33.9 Å². The van der Waals surface area contributed by atoms with Gasteiger partial charge in [0.2, 0.25) is 0 Å². The molecule has 0 spiro atoms. The van der Waals surface area contributed by atoms with Crippen LogP contribution in [-0.2, 0) is 16.8 Å². The molecule has 0 bridgehead atoms. The number of piperidine rings is 1. The van der Waals surface area contributed by atoms with Crippen LogP contribution in [0.4, 0.5) is 0 Å². The van der Waals surface area contributed by atoms with Gasteiger partial charge in [-0.25, -0.2) is 11.0 Å². The highest BCUT2D eigenvalue weighted by Gasteiger charge is 2.34. The summed E-state index contributed by atoms with van der Waals surface area (Å²) >= 11 is 0. The molecule has 0 aromatic heterocycles. The van der Waals surface area contributed by atoms with E-state index in [9.17, 15) is 0 Å². The molecule has 0 saturated carbocycles. The van der Waals surface area contributed by atoms with Crippen molar-refractivity contribution < 1.29 is 9.47 Å². The molecule has 7 heteroatoms. The second kappa shape index (κ2) is 10.3. The molecular weight excluding hydrogens is 378 g/mol. The van der Waals surface area contributed by atoms with E-state index in [2.05, 4.69) is 52.6 Å². The van der Waals surface area contributed by atoms with Crippen LogP contribution in [0.2, 0.25) is 0 Å². The van der Waals surface area contributed by atoms with Gasteiger partial charge >= 0.3 is 0 Å². The van der Waals surface area contributed by atoms with Gasteiger partial charge in [-0.3, -0.25) is 0 Å². The lowest BCUT2D eigenvalue weighted by atomic mass is 9.74. The lowest BCUT2D eigenvalue weighted by Crippen LogP contribution is -2.43. The molecule has 1 aliphatic rings. The summed E-state index contributed by atoms with van der Waals surface area (Å²) in [5.74, 6) is 6.26. The quantitative estimate of drug-likeness (QED) is 0.375. The van der Waals surface area contributed by atoms with E-state index < -0.39 is 0 Å². The van der Waals surface area contributed by atoms with E-state index in [1.807, 2.05) is 18.2 Å². The van der Waals surface area contributed by atoms with Gasteiger partial charge in [-0.1, -0.05) is 42.1 Å². The van der Waals surface area contributed by atoms with Crippen LogP contribution in [0.1, 0.15) is 29.5 Å². The van der Waals surface area contributed by atoms with Crippen molar-refractivity contribution in [2.24, 2.45) is 16.2 Å². The van der Waals surface area contributed by atoms with E-state index in [4.69, 9.17) is 15.3 Å². The Morgan fingerprint density at radius 3 is 2.60 bits per heavy atom. The largest absolute Gasteiger partial charge is 0.496 e. The maximum absolute atomic E-state index is 6.27. The van der Waals surface area contributed by atoms with Gasteiger partial charge in [0.1, 0.15) is 5.75 Å². The highest BCUT2D eigenvalue weighted by Crippen LogP contribution is 2.34. The molecule has 7 nitrogen and oxygen atoms in total. The standard InChI is InChI=1S/C23H31N5O2/c1-18(26-27-28(2)24)19-9-10-22(29-3)20(15-19)16-30-17-23(11-13-25-14-12-23)21-7-5-4-6-8-21/h4-10,15,25H,1,11-14,16-17,24H2,2-3H3/b27-26-. The third-order valence-corrected chi connectivity index (χ3v) is 5.50. The van der Waals surface area contributed by atoms with Gasteiger partial charge in [0.15, 0.2) is 0 Å². The van der Waals surface area contributed by atoms with Crippen LogP contribution in [-0.4, -0.2) is 39.0 Å². The Balaban J connectivity index is 1.73. The van der Waals surface area contributed by atoms with E-state index in [0.717, 1.165) is 47.9 Å². The Hall–Kier alpha value is -2.74. The number of methoxy groups -OCH3 is 1. The third kappa shape index (κ3) is 5.44. The maximum Gasteiger partial charge on any atom is 0.124 e. The monoisotopic (exact) mass is 409 g/mol. The first-order valence-corrected chi connectivity index (χ1v) is 10.1. The first-order chi connectivity index (χ1) is 14.5. The lowest BCUT2D eigenvalue weighted by Gasteiger charge is -2.38. The van der Waals surface area contributed by atoms with Crippen LogP contribution >= 0.6 is 0 Å². The molecule has 3 N–H and O–H groups in total. The number of hydrazine groups is 1. The zero-order valence-electron chi connectivity index (χ0n) is 17.8. The van der Waals surface area contributed by atoms with Gasteiger partial charge in [-0.05, 0) is 49.7 Å². The van der Waals surface area contributed by atoms with Crippen LogP contribution in [0.3, 0.4) is 0 Å². The SMILES string of the molecule is C=C(/N=N\N(C)N)c1ccc(OC)c(COCC2(c3ccccc3)CCNCC2)c1. The number of benzene rings is 2. The summed E-state index contributed by atoms with van der Waals surface area (Å²) in [6, 6.07) is 16.5. The van der Waals surface area contributed by atoms with Crippen molar-refractivity contribution in [3.05, 3.63) is 71.8 Å². The molecule has 0 radical (unpaired) electrons. The fraction of sp³-hybridized carbons (Fsp3) is 0.391. The molecule has 160 valence electrons. The molecular formula is C23H31N5O2. The molecule has 1 fully saturated rings. The second-order valence-corrected chi connectivity index (χ2v) is 7.63. The summed E-state index contributed by atoms with van der Waals surface area (Å²) in [4.78, 5) is 0. The highest BCUT2D eigenvalue weighted by molar-refractivity contribution is 5.63. The number of rotatable bonds is 9. The van der Waals surface area contributed by atoms with Gasteiger partial charge in [-0.15, -0.1) is 5.11 Å². The first-order valence-electron chi connectivity index (χ1n) is 10.1. The number of nitrogens with one attached hydrogen (secondary N) is 1. The molecule has 0 aliphatic carbocycles. The number of nitrogens with two attached hydrogens (primary N) is 1. The predicted octanol–water partition coefficient (Wildman–Crippen LogP) is 3.68. The number of ether oxygens (including phenoxy) is 2. The van der Waals surface area contributed by atoms with Gasteiger partial charge in [0, 0.05) is 23.6 Å². The minimum absolute atomic E-state index is 0.0286. The highest BCUT2D eigenvalue weighted by atomic mass is 16.5.